The Morgan fingerprint density at radius 1 is 1.29 bits per heavy atom. The van der Waals surface area contributed by atoms with Crippen molar-refractivity contribution in [2.75, 3.05) is 13.1 Å². The van der Waals surface area contributed by atoms with Gasteiger partial charge in [-0.25, -0.2) is 13.2 Å². The predicted octanol–water partition coefficient (Wildman–Crippen LogP) is 1.48. The Balaban J connectivity index is 2.21. The first-order valence-corrected chi connectivity index (χ1v) is 10.2. The van der Waals surface area contributed by atoms with E-state index in [1.54, 1.807) is 0 Å². The molecule has 1 fully saturated rings. The molecule has 12 heteroatoms. The molecule has 0 radical (unpaired) electrons. The van der Waals surface area contributed by atoms with Crippen molar-refractivity contribution in [1.29, 1.82) is 0 Å². The normalized spacial score (nSPS) is 16.6. The van der Waals surface area contributed by atoms with Gasteiger partial charge < -0.3 is 15.5 Å². The molecule has 1 aromatic carbocycles. The monoisotopic (exact) mass is 417 g/mol. The van der Waals surface area contributed by atoms with E-state index in [4.69, 9.17) is 9.94 Å². The quantitative estimate of drug-likeness (QED) is 0.402. The fourth-order valence-corrected chi connectivity index (χ4v) is 4.15. The van der Waals surface area contributed by atoms with Gasteiger partial charge in [-0.15, -0.1) is 0 Å². The number of aliphatic hydroxyl groups excluding tert-OH is 1. The van der Waals surface area contributed by atoms with Crippen molar-refractivity contribution in [3.63, 3.8) is 0 Å². The summed E-state index contributed by atoms with van der Waals surface area (Å²) in [6.07, 6.45) is 1.09. The third-order valence-electron chi connectivity index (χ3n) is 4.28. The molecular formula is C16H23N3O8S. The highest BCUT2D eigenvalue weighted by Crippen LogP contribution is 2.25. The van der Waals surface area contributed by atoms with E-state index in [1.807, 2.05) is 5.32 Å². The van der Waals surface area contributed by atoms with Crippen molar-refractivity contribution in [3.8, 4) is 0 Å². The molecule has 1 aliphatic rings. The van der Waals surface area contributed by atoms with Gasteiger partial charge in [-0.2, -0.15) is 0 Å². The van der Waals surface area contributed by atoms with Gasteiger partial charge in [0.15, 0.2) is 0 Å². The van der Waals surface area contributed by atoms with Gasteiger partial charge in [0.1, 0.15) is 0 Å². The maximum Gasteiger partial charge on any atom is 0.404 e. The van der Waals surface area contributed by atoms with Crippen LogP contribution in [0.15, 0.2) is 29.2 Å². The first kappa shape index (κ1) is 22.0. The summed E-state index contributed by atoms with van der Waals surface area (Å²) in [6.45, 7) is -0.869. The number of amides is 1. The standard InChI is InChI=1S/C16H23N3O8S/c20-13(10-17-16(21)22)11-18(27-14-4-2-1-3-5-14)28(25,26)15-8-6-12(7-9-15)19(23)24/h6-9,13-14,17,20H,1-5,10-11H2,(H,21,22). The van der Waals surface area contributed by atoms with Crippen LogP contribution in [0, 0.1) is 10.1 Å². The number of nitro benzene ring substituents is 1. The van der Waals surface area contributed by atoms with Crippen LogP contribution in [0.2, 0.25) is 0 Å². The summed E-state index contributed by atoms with van der Waals surface area (Å²) >= 11 is 0. The van der Waals surface area contributed by atoms with E-state index in [-0.39, 0.29) is 23.2 Å². The topological polar surface area (TPSA) is 159 Å². The van der Waals surface area contributed by atoms with E-state index in [9.17, 15) is 28.4 Å². The summed E-state index contributed by atoms with van der Waals surface area (Å²) in [4.78, 5) is 26.1. The third-order valence-corrected chi connectivity index (χ3v) is 5.92. The minimum atomic E-state index is -4.22. The van der Waals surface area contributed by atoms with E-state index in [1.165, 1.54) is 0 Å². The Morgan fingerprint density at radius 2 is 1.89 bits per heavy atom. The minimum Gasteiger partial charge on any atom is -0.465 e. The number of carbonyl (C=O) groups is 1. The van der Waals surface area contributed by atoms with Gasteiger partial charge in [-0.05, 0) is 25.0 Å². The summed E-state index contributed by atoms with van der Waals surface area (Å²) in [7, 11) is -4.22. The first-order chi connectivity index (χ1) is 13.2. The zero-order valence-corrected chi connectivity index (χ0v) is 15.9. The summed E-state index contributed by atoms with van der Waals surface area (Å²) in [5, 5.41) is 31.4. The average molecular weight is 417 g/mol. The second kappa shape index (κ2) is 9.78. The van der Waals surface area contributed by atoms with Crippen molar-refractivity contribution >= 4 is 21.8 Å². The third kappa shape index (κ3) is 6.12. The number of rotatable bonds is 9. The lowest BCUT2D eigenvalue weighted by atomic mass is 9.98. The van der Waals surface area contributed by atoms with Crippen molar-refractivity contribution in [3.05, 3.63) is 34.4 Å². The molecule has 1 atom stereocenters. The molecule has 11 nitrogen and oxygen atoms in total. The van der Waals surface area contributed by atoms with Gasteiger partial charge in [0.25, 0.3) is 15.7 Å². The lowest BCUT2D eigenvalue weighted by Crippen LogP contribution is -2.44. The molecule has 1 saturated carbocycles. The molecular weight excluding hydrogens is 394 g/mol. The van der Waals surface area contributed by atoms with Crippen LogP contribution in [0.25, 0.3) is 0 Å². The summed E-state index contributed by atoms with van der Waals surface area (Å²) in [6, 6.07) is 4.31. The fraction of sp³-hybridized carbons (Fsp3) is 0.562. The number of nitrogens with zero attached hydrogens (tertiary/aromatic N) is 2. The molecule has 2 rings (SSSR count). The van der Waals surface area contributed by atoms with Crippen molar-refractivity contribution in [2.24, 2.45) is 0 Å². The van der Waals surface area contributed by atoms with E-state index in [2.05, 4.69) is 0 Å². The number of carboxylic acid groups (broad SMARTS) is 1. The Morgan fingerprint density at radius 3 is 2.43 bits per heavy atom. The first-order valence-electron chi connectivity index (χ1n) is 8.79. The fourth-order valence-electron chi connectivity index (χ4n) is 2.83. The number of benzene rings is 1. The van der Waals surface area contributed by atoms with Crippen LogP contribution in [0.4, 0.5) is 10.5 Å². The predicted molar refractivity (Wildman–Crippen MR) is 97.0 cm³/mol. The van der Waals surface area contributed by atoms with Gasteiger partial charge >= 0.3 is 6.09 Å². The molecule has 28 heavy (non-hydrogen) atoms. The van der Waals surface area contributed by atoms with Crippen LogP contribution >= 0.6 is 0 Å². The van der Waals surface area contributed by atoms with Crippen LogP contribution < -0.4 is 5.32 Å². The van der Waals surface area contributed by atoms with Gasteiger partial charge in [0.05, 0.1) is 28.6 Å². The summed E-state index contributed by atoms with van der Waals surface area (Å²) in [5.41, 5.74) is -0.260. The summed E-state index contributed by atoms with van der Waals surface area (Å²) < 4.78 is 26.5. The van der Waals surface area contributed by atoms with Gasteiger partial charge in [-0.1, -0.05) is 23.7 Å². The molecule has 0 aromatic heterocycles. The van der Waals surface area contributed by atoms with Gasteiger partial charge in [0.2, 0.25) is 0 Å². The molecule has 0 spiro atoms. The van der Waals surface area contributed by atoms with E-state index in [0.29, 0.717) is 17.3 Å². The zero-order chi connectivity index (χ0) is 20.7. The highest BCUT2D eigenvalue weighted by Gasteiger charge is 2.31. The van der Waals surface area contributed by atoms with Crippen LogP contribution in [0.1, 0.15) is 32.1 Å². The molecule has 156 valence electrons. The number of non-ortho nitro benzene ring substituents is 1. The zero-order valence-electron chi connectivity index (χ0n) is 15.1. The molecule has 1 unspecified atom stereocenters. The number of nitrogens with one attached hydrogen (secondary N) is 1. The smallest absolute Gasteiger partial charge is 0.404 e. The van der Waals surface area contributed by atoms with E-state index < -0.39 is 33.7 Å². The van der Waals surface area contributed by atoms with Gasteiger partial charge in [-0.3, -0.25) is 15.0 Å². The van der Waals surface area contributed by atoms with Crippen molar-refractivity contribution < 1.29 is 33.2 Å². The molecule has 1 aromatic rings. The number of aliphatic hydroxyl groups is 1. The molecule has 0 aliphatic heterocycles. The van der Waals surface area contributed by atoms with Crippen LogP contribution in [0.5, 0.6) is 0 Å². The maximum atomic E-state index is 12.9. The Kier molecular flexibility index (Phi) is 7.69. The lowest BCUT2D eigenvalue weighted by Gasteiger charge is -2.30. The van der Waals surface area contributed by atoms with E-state index in [0.717, 1.165) is 43.5 Å². The second-order valence-electron chi connectivity index (χ2n) is 6.45. The molecule has 0 saturated heterocycles. The largest absolute Gasteiger partial charge is 0.465 e. The molecule has 1 amide bonds. The summed E-state index contributed by atoms with van der Waals surface area (Å²) in [5.74, 6) is 0. The van der Waals surface area contributed by atoms with Crippen LogP contribution in [-0.4, -0.2) is 59.4 Å². The van der Waals surface area contributed by atoms with Crippen molar-refractivity contribution in [1.82, 2.24) is 9.79 Å². The minimum absolute atomic E-state index is 0.229. The molecule has 1 aliphatic carbocycles. The SMILES string of the molecule is O=C(O)NCC(O)CN(OC1CCCCC1)S(=O)(=O)c1ccc([N+](=O)[O-])cc1. The highest BCUT2D eigenvalue weighted by molar-refractivity contribution is 7.89. The molecule has 3 N–H and O–H groups in total. The maximum absolute atomic E-state index is 12.9. The number of hydrogen-bond donors (Lipinski definition) is 3. The molecule has 0 heterocycles. The number of hydrogen-bond acceptors (Lipinski definition) is 7. The number of sulfonamides is 1. The van der Waals surface area contributed by atoms with Crippen LogP contribution in [-0.2, 0) is 14.9 Å². The van der Waals surface area contributed by atoms with Crippen LogP contribution in [0.3, 0.4) is 0 Å². The Bertz CT molecular complexity index is 778. The number of nitro groups is 1. The van der Waals surface area contributed by atoms with E-state index >= 15 is 0 Å². The highest BCUT2D eigenvalue weighted by atomic mass is 32.2. The lowest BCUT2D eigenvalue weighted by molar-refractivity contribution is -0.384. The average Bonchev–Trinajstić information content (AvgIpc) is 2.66. The number of hydroxylamine groups is 1. The van der Waals surface area contributed by atoms with Gasteiger partial charge in [0, 0.05) is 18.7 Å². The Labute approximate surface area is 162 Å². The Hall–Kier alpha value is -2.28. The van der Waals surface area contributed by atoms with Crippen molar-refractivity contribution in [2.45, 2.75) is 49.2 Å². The second-order valence-corrected chi connectivity index (χ2v) is 8.28. The molecule has 0 bridgehead atoms.